The van der Waals surface area contributed by atoms with E-state index in [1.165, 1.54) is 0 Å². The molecule has 0 aliphatic rings. The molecule has 5 nitrogen and oxygen atoms in total. The van der Waals surface area contributed by atoms with Gasteiger partial charge in [0.15, 0.2) is 6.29 Å². The van der Waals surface area contributed by atoms with Gasteiger partial charge in [0.05, 0.1) is 17.8 Å². The second-order valence-corrected chi connectivity index (χ2v) is 2.39. The van der Waals surface area contributed by atoms with Crippen LogP contribution in [0.4, 0.5) is 5.82 Å². The number of aromatic nitrogens is 1. The summed E-state index contributed by atoms with van der Waals surface area (Å²) in [5.41, 5.74) is 6.42. The largest absolute Gasteiger partial charge is 0.383 e. The Labute approximate surface area is 75.0 Å². The van der Waals surface area contributed by atoms with Crippen LogP contribution in [-0.4, -0.2) is 17.7 Å². The number of hydrogen-bond donors (Lipinski definition) is 2. The van der Waals surface area contributed by atoms with E-state index < -0.39 is 0 Å². The second kappa shape index (κ2) is 4.20. The lowest BCUT2D eigenvalue weighted by Crippen LogP contribution is -2.12. The minimum absolute atomic E-state index is 0.181. The molecule has 1 amide bonds. The van der Waals surface area contributed by atoms with Gasteiger partial charge in [0.25, 0.3) is 0 Å². The van der Waals surface area contributed by atoms with Gasteiger partial charge in [-0.25, -0.2) is 4.98 Å². The van der Waals surface area contributed by atoms with E-state index in [1.54, 1.807) is 12.1 Å². The molecule has 0 fully saturated rings. The Morgan fingerprint density at radius 3 is 2.77 bits per heavy atom. The quantitative estimate of drug-likeness (QED) is 0.622. The van der Waals surface area contributed by atoms with Gasteiger partial charge in [-0.3, -0.25) is 9.59 Å². The first-order valence-electron chi connectivity index (χ1n) is 3.65. The standard InChI is InChI=1S/C8H9N3O2/c9-8-6(4-12)1-2-7(11-8)3-10-5-13/h1-2,4-5H,3H2,(H2,9,11)(H,10,13). The SMILES string of the molecule is Nc1nc(CNC=O)ccc1C=O. The molecule has 0 aliphatic heterocycles. The number of carbonyl (C=O) groups excluding carboxylic acids is 2. The van der Waals surface area contributed by atoms with Crippen LogP contribution in [-0.2, 0) is 11.3 Å². The molecule has 0 aliphatic carbocycles. The predicted octanol–water partition coefficient (Wildman–Crippen LogP) is -0.278. The van der Waals surface area contributed by atoms with Crippen molar-refractivity contribution >= 4 is 18.5 Å². The summed E-state index contributed by atoms with van der Waals surface area (Å²) >= 11 is 0. The smallest absolute Gasteiger partial charge is 0.207 e. The van der Waals surface area contributed by atoms with Gasteiger partial charge >= 0.3 is 0 Å². The number of amides is 1. The third kappa shape index (κ3) is 2.26. The molecule has 13 heavy (non-hydrogen) atoms. The highest BCUT2D eigenvalue weighted by Gasteiger charge is 2.00. The van der Waals surface area contributed by atoms with Crippen molar-refractivity contribution < 1.29 is 9.59 Å². The molecule has 0 bridgehead atoms. The number of aldehydes is 1. The number of nitrogens with two attached hydrogens (primary N) is 1. The van der Waals surface area contributed by atoms with E-state index in [2.05, 4.69) is 10.3 Å². The van der Waals surface area contributed by atoms with E-state index in [0.717, 1.165) is 0 Å². The zero-order valence-corrected chi connectivity index (χ0v) is 6.86. The lowest BCUT2D eigenvalue weighted by molar-refractivity contribution is -0.109. The Balaban J connectivity index is 2.82. The van der Waals surface area contributed by atoms with Crippen molar-refractivity contribution in [1.82, 2.24) is 10.3 Å². The summed E-state index contributed by atoms with van der Waals surface area (Å²) in [6, 6.07) is 3.20. The normalized spacial score (nSPS) is 9.23. The van der Waals surface area contributed by atoms with Gasteiger partial charge in [-0.05, 0) is 12.1 Å². The van der Waals surface area contributed by atoms with Crippen LogP contribution in [0, 0.1) is 0 Å². The van der Waals surface area contributed by atoms with Crippen LogP contribution in [0.25, 0.3) is 0 Å². The maximum Gasteiger partial charge on any atom is 0.207 e. The molecule has 0 radical (unpaired) electrons. The molecule has 3 N–H and O–H groups in total. The van der Waals surface area contributed by atoms with Crippen LogP contribution in [0.3, 0.4) is 0 Å². The highest BCUT2D eigenvalue weighted by atomic mass is 16.1. The summed E-state index contributed by atoms with van der Waals surface area (Å²) in [6.45, 7) is 0.312. The molecule has 0 atom stereocenters. The summed E-state index contributed by atoms with van der Waals surface area (Å²) in [4.78, 5) is 24.2. The van der Waals surface area contributed by atoms with Crippen LogP contribution < -0.4 is 11.1 Å². The van der Waals surface area contributed by atoms with Gasteiger partial charge in [0.1, 0.15) is 5.82 Å². The zero-order valence-electron chi connectivity index (χ0n) is 6.86. The first kappa shape index (κ1) is 9.18. The maximum atomic E-state index is 10.4. The Bertz CT molecular complexity index is 325. The molecule has 1 rings (SSSR count). The number of carbonyl (C=O) groups is 2. The number of nitrogen functional groups attached to an aromatic ring is 1. The van der Waals surface area contributed by atoms with Crippen molar-refractivity contribution in [2.75, 3.05) is 5.73 Å². The van der Waals surface area contributed by atoms with E-state index in [-0.39, 0.29) is 5.82 Å². The van der Waals surface area contributed by atoms with E-state index in [4.69, 9.17) is 5.73 Å². The number of anilines is 1. The van der Waals surface area contributed by atoms with E-state index in [1.807, 2.05) is 0 Å². The van der Waals surface area contributed by atoms with Gasteiger partial charge in [-0.15, -0.1) is 0 Å². The lowest BCUT2D eigenvalue weighted by atomic mass is 10.2. The third-order valence-electron chi connectivity index (χ3n) is 1.51. The minimum Gasteiger partial charge on any atom is -0.383 e. The third-order valence-corrected chi connectivity index (χ3v) is 1.51. The highest BCUT2D eigenvalue weighted by Crippen LogP contribution is 2.06. The van der Waals surface area contributed by atoms with Crippen molar-refractivity contribution in [2.24, 2.45) is 0 Å². The molecule has 0 saturated heterocycles. The second-order valence-electron chi connectivity index (χ2n) is 2.39. The van der Waals surface area contributed by atoms with Crippen molar-refractivity contribution in [1.29, 1.82) is 0 Å². The Kier molecular flexibility index (Phi) is 2.97. The molecule has 0 unspecified atom stereocenters. The summed E-state index contributed by atoms with van der Waals surface area (Å²) in [5, 5.41) is 2.44. The van der Waals surface area contributed by atoms with Gasteiger partial charge in [-0.1, -0.05) is 0 Å². The number of rotatable bonds is 4. The Morgan fingerprint density at radius 1 is 1.46 bits per heavy atom. The molecule has 5 heteroatoms. The molecule has 1 heterocycles. The first-order chi connectivity index (χ1) is 6.27. The van der Waals surface area contributed by atoms with E-state index in [0.29, 0.717) is 30.5 Å². The fraction of sp³-hybridized carbons (Fsp3) is 0.125. The summed E-state index contributed by atoms with van der Waals surface area (Å²) < 4.78 is 0. The number of nitrogens with zero attached hydrogens (tertiary/aromatic N) is 1. The summed E-state index contributed by atoms with van der Waals surface area (Å²) in [6.07, 6.45) is 1.21. The maximum absolute atomic E-state index is 10.4. The number of pyridine rings is 1. The fourth-order valence-electron chi connectivity index (χ4n) is 0.872. The van der Waals surface area contributed by atoms with E-state index in [9.17, 15) is 9.59 Å². The highest BCUT2D eigenvalue weighted by molar-refractivity contribution is 5.81. The topological polar surface area (TPSA) is 85.1 Å². The molecule has 0 aromatic carbocycles. The molecule has 1 aromatic heterocycles. The number of hydrogen-bond acceptors (Lipinski definition) is 4. The molecule has 1 aromatic rings. The fourth-order valence-corrected chi connectivity index (χ4v) is 0.872. The molecule has 68 valence electrons. The van der Waals surface area contributed by atoms with Crippen molar-refractivity contribution in [3.05, 3.63) is 23.4 Å². The van der Waals surface area contributed by atoms with Crippen LogP contribution in [0.1, 0.15) is 16.1 Å². The van der Waals surface area contributed by atoms with Gasteiger partial charge in [-0.2, -0.15) is 0 Å². The molecule has 0 spiro atoms. The number of nitrogens with one attached hydrogen (secondary N) is 1. The zero-order chi connectivity index (χ0) is 9.68. The molecular formula is C8H9N3O2. The average Bonchev–Trinajstić information content (AvgIpc) is 2.15. The van der Waals surface area contributed by atoms with Crippen LogP contribution >= 0.6 is 0 Å². The minimum atomic E-state index is 0.181. The van der Waals surface area contributed by atoms with Crippen molar-refractivity contribution in [3.8, 4) is 0 Å². The van der Waals surface area contributed by atoms with Gasteiger partial charge in [0, 0.05) is 0 Å². The van der Waals surface area contributed by atoms with Gasteiger partial charge < -0.3 is 11.1 Å². The summed E-state index contributed by atoms with van der Waals surface area (Å²) in [5.74, 6) is 0.181. The van der Waals surface area contributed by atoms with Crippen molar-refractivity contribution in [3.63, 3.8) is 0 Å². The monoisotopic (exact) mass is 179 g/mol. The van der Waals surface area contributed by atoms with Crippen LogP contribution in [0.5, 0.6) is 0 Å². The average molecular weight is 179 g/mol. The Hall–Kier alpha value is -1.91. The first-order valence-corrected chi connectivity index (χ1v) is 3.65. The van der Waals surface area contributed by atoms with Crippen molar-refractivity contribution in [2.45, 2.75) is 6.54 Å². The van der Waals surface area contributed by atoms with Crippen LogP contribution in [0.2, 0.25) is 0 Å². The van der Waals surface area contributed by atoms with E-state index >= 15 is 0 Å². The predicted molar refractivity (Wildman–Crippen MR) is 46.9 cm³/mol. The summed E-state index contributed by atoms with van der Waals surface area (Å²) in [7, 11) is 0. The van der Waals surface area contributed by atoms with Crippen LogP contribution in [0.15, 0.2) is 12.1 Å². The molecular weight excluding hydrogens is 170 g/mol. The lowest BCUT2D eigenvalue weighted by Gasteiger charge is -2.01. The molecule has 0 saturated carbocycles. The van der Waals surface area contributed by atoms with Gasteiger partial charge in [0.2, 0.25) is 6.41 Å². The Morgan fingerprint density at radius 2 is 2.23 bits per heavy atom.